The summed E-state index contributed by atoms with van der Waals surface area (Å²) in [4.78, 5) is 22.3. The van der Waals surface area contributed by atoms with Crippen molar-refractivity contribution in [1.29, 1.82) is 0 Å². The van der Waals surface area contributed by atoms with Crippen LogP contribution in [0.25, 0.3) is 6.08 Å². The van der Waals surface area contributed by atoms with Crippen LogP contribution >= 0.6 is 0 Å². The zero-order valence-corrected chi connectivity index (χ0v) is 7.81. The Morgan fingerprint density at radius 3 is 2.73 bits per heavy atom. The molecule has 0 aliphatic heterocycles. The molecular formula is C11H9NO3. The molecule has 2 rings (SSSR count). The fraction of sp³-hybridized carbons (Fsp3) is 0.0909. The van der Waals surface area contributed by atoms with E-state index in [1.54, 1.807) is 18.2 Å². The minimum atomic E-state index is -1.14. The van der Waals surface area contributed by atoms with Gasteiger partial charge in [0.2, 0.25) is 0 Å². The lowest BCUT2D eigenvalue weighted by Crippen LogP contribution is -2.23. The Morgan fingerprint density at radius 2 is 2.07 bits per heavy atom. The maximum atomic E-state index is 11.4. The van der Waals surface area contributed by atoms with Crippen LogP contribution in [0.5, 0.6) is 0 Å². The number of allylic oxidation sites excluding steroid dienone is 1. The molecule has 0 bridgehead atoms. The number of anilines is 1. The van der Waals surface area contributed by atoms with E-state index < -0.39 is 17.7 Å². The predicted molar refractivity (Wildman–Crippen MR) is 55.3 cm³/mol. The molecule has 0 aromatic heterocycles. The summed E-state index contributed by atoms with van der Waals surface area (Å²) in [5.74, 6) is -2.68. The molecule has 4 nitrogen and oxygen atoms in total. The van der Waals surface area contributed by atoms with Gasteiger partial charge in [0.15, 0.2) is 5.78 Å². The van der Waals surface area contributed by atoms with E-state index >= 15 is 0 Å². The summed E-state index contributed by atoms with van der Waals surface area (Å²) in [7, 11) is 0. The number of carboxylic acid groups (broad SMARTS) is 1. The predicted octanol–water partition coefficient (Wildman–Crippen LogP) is 1.03. The number of hydrogen-bond donors (Lipinski definition) is 2. The topological polar surface area (TPSA) is 80.4 Å². The summed E-state index contributed by atoms with van der Waals surface area (Å²) >= 11 is 0. The van der Waals surface area contributed by atoms with Gasteiger partial charge in [-0.15, -0.1) is 0 Å². The molecule has 0 heterocycles. The van der Waals surface area contributed by atoms with Gasteiger partial charge in [0.05, 0.1) is 0 Å². The Bertz CT molecular complexity index is 477. The van der Waals surface area contributed by atoms with E-state index in [1.807, 2.05) is 0 Å². The highest BCUT2D eigenvalue weighted by molar-refractivity contribution is 6.13. The van der Waals surface area contributed by atoms with Crippen molar-refractivity contribution in [3.05, 3.63) is 35.4 Å². The van der Waals surface area contributed by atoms with Crippen LogP contribution in [-0.4, -0.2) is 16.9 Å². The van der Waals surface area contributed by atoms with Gasteiger partial charge in [0.25, 0.3) is 0 Å². The molecule has 76 valence electrons. The van der Waals surface area contributed by atoms with Gasteiger partial charge in [-0.25, -0.2) is 0 Å². The smallest absolute Gasteiger partial charge is 0.318 e. The lowest BCUT2D eigenvalue weighted by atomic mass is 9.86. The number of fused-ring (bicyclic) bond motifs is 1. The highest BCUT2D eigenvalue weighted by atomic mass is 16.4. The summed E-state index contributed by atoms with van der Waals surface area (Å²) < 4.78 is 0. The van der Waals surface area contributed by atoms with Crippen LogP contribution in [0.4, 0.5) is 5.69 Å². The molecule has 1 aromatic carbocycles. The van der Waals surface area contributed by atoms with E-state index in [4.69, 9.17) is 10.8 Å². The number of benzene rings is 1. The molecular weight excluding hydrogens is 194 g/mol. The zero-order valence-electron chi connectivity index (χ0n) is 7.81. The molecule has 0 spiro atoms. The van der Waals surface area contributed by atoms with Crippen LogP contribution < -0.4 is 5.73 Å². The molecule has 1 aliphatic rings. The quantitative estimate of drug-likeness (QED) is 0.527. The van der Waals surface area contributed by atoms with Crippen LogP contribution in [-0.2, 0) is 9.59 Å². The maximum absolute atomic E-state index is 11.4. The van der Waals surface area contributed by atoms with Crippen molar-refractivity contribution in [2.45, 2.75) is 5.92 Å². The van der Waals surface area contributed by atoms with Crippen molar-refractivity contribution in [3.63, 3.8) is 0 Å². The van der Waals surface area contributed by atoms with Gasteiger partial charge in [-0.05, 0) is 29.3 Å². The second-order valence-electron chi connectivity index (χ2n) is 3.40. The molecule has 3 N–H and O–H groups in total. The highest BCUT2D eigenvalue weighted by Crippen LogP contribution is 2.29. The van der Waals surface area contributed by atoms with Crippen LogP contribution in [0.15, 0.2) is 24.3 Å². The standard InChI is InChI=1S/C11H9NO3/c12-7-3-1-6-2-4-9(13)10(11(14)15)8(6)5-7/h1-5,10H,12H2,(H,14,15). The maximum Gasteiger partial charge on any atom is 0.318 e. The second kappa shape index (κ2) is 3.24. The fourth-order valence-corrected chi connectivity index (χ4v) is 1.67. The third kappa shape index (κ3) is 1.50. The Hall–Kier alpha value is -2.10. The molecule has 15 heavy (non-hydrogen) atoms. The molecule has 1 aliphatic carbocycles. The van der Waals surface area contributed by atoms with E-state index in [0.29, 0.717) is 11.3 Å². The van der Waals surface area contributed by atoms with E-state index in [9.17, 15) is 9.59 Å². The zero-order chi connectivity index (χ0) is 11.0. The summed E-state index contributed by atoms with van der Waals surface area (Å²) in [5, 5.41) is 8.95. The van der Waals surface area contributed by atoms with Crippen LogP contribution in [0.1, 0.15) is 17.0 Å². The molecule has 4 heteroatoms. The van der Waals surface area contributed by atoms with Crippen molar-refractivity contribution in [2.75, 3.05) is 5.73 Å². The number of hydrogen-bond acceptors (Lipinski definition) is 3. The van der Waals surface area contributed by atoms with E-state index in [1.165, 1.54) is 12.1 Å². The number of ketones is 1. The summed E-state index contributed by atoms with van der Waals surface area (Å²) in [6.07, 6.45) is 2.90. The van der Waals surface area contributed by atoms with Crippen LogP contribution in [0.2, 0.25) is 0 Å². The lowest BCUT2D eigenvalue weighted by Gasteiger charge is -2.17. The number of carbonyl (C=O) groups is 2. The fourth-order valence-electron chi connectivity index (χ4n) is 1.67. The normalized spacial score (nSPS) is 18.7. The summed E-state index contributed by atoms with van der Waals surface area (Å²) in [6.45, 7) is 0. The number of nitrogen functional groups attached to an aromatic ring is 1. The van der Waals surface area contributed by atoms with Gasteiger partial charge in [-0.1, -0.05) is 12.1 Å². The molecule has 0 saturated carbocycles. The van der Waals surface area contributed by atoms with Crippen molar-refractivity contribution in [1.82, 2.24) is 0 Å². The average molecular weight is 203 g/mol. The van der Waals surface area contributed by atoms with Gasteiger partial charge < -0.3 is 10.8 Å². The van der Waals surface area contributed by atoms with Crippen molar-refractivity contribution in [2.24, 2.45) is 0 Å². The van der Waals surface area contributed by atoms with E-state index in [0.717, 1.165) is 5.56 Å². The first-order valence-corrected chi connectivity index (χ1v) is 4.44. The van der Waals surface area contributed by atoms with Gasteiger partial charge in [0.1, 0.15) is 5.92 Å². The number of rotatable bonds is 1. The van der Waals surface area contributed by atoms with Gasteiger partial charge in [-0.3, -0.25) is 9.59 Å². The Morgan fingerprint density at radius 1 is 1.33 bits per heavy atom. The van der Waals surface area contributed by atoms with E-state index in [2.05, 4.69) is 0 Å². The molecule has 1 atom stereocenters. The lowest BCUT2D eigenvalue weighted by molar-refractivity contribution is -0.141. The van der Waals surface area contributed by atoms with E-state index in [-0.39, 0.29) is 0 Å². The largest absolute Gasteiger partial charge is 0.480 e. The Balaban J connectivity index is 2.62. The van der Waals surface area contributed by atoms with Crippen LogP contribution in [0.3, 0.4) is 0 Å². The number of aliphatic carboxylic acids is 1. The number of nitrogens with two attached hydrogens (primary N) is 1. The van der Waals surface area contributed by atoms with Crippen molar-refractivity contribution < 1.29 is 14.7 Å². The van der Waals surface area contributed by atoms with Crippen molar-refractivity contribution >= 4 is 23.5 Å². The monoisotopic (exact) mass is 203 g/mol. The molecule has 0 fully saturated rings. The first-order valence-electron chi connectivity index (χ1n) is 4.44. The SMILES string of the molecule is Nc1ccc2c(c1)C(C(=O)O)C(=O)C=C2. The minimum Gasteiger partial charge on any atom is -0.480 e. The molecule has 0 saturated heterocycles. The van der Waals surface area contributed by atoms with Gasteiger partial charge >= 0.3 is 5.97 Å². The average Bonchev–Trinajstić information content (AvgIpc) is 2.16. The minimum absolute atomic E-state index is 0.416. The van der Waals surface area contributed by atoms with Gasteiger partial charge in [0, 0.05) is 5.69 Å². The molecule has 1 aromatic rings. The third-order valence-corrected chi connectivity index (χ3v) is 2.38. The third-order valence-electron chi connectivity index (χ3n) is 2.38. The highest BCUT2D eigenvalue weighted by Gasteiger charge is 2.30. The molecule has 0 radical (unpaired) electrons. The van der Waals surface area contributed by atoms with Gasteiger partial charge in [-0.2, -0.15) is 0 Å². The van der Waals surface area contributed by atoms with Crippen molar-refractivity contribution in [3.8, 4) is 0 Å². The summed E-state index contributed by atoms with van der Waals surface area (Å²) in [6, 6.07) is 4.93. The van der Waals surface area contributed by atoms with Crippen LogP contribution in [0, 0.1) is 0 Å². The first kappa shape index (κ1) is 9.45. The molecule has 1 unspecified atom stereocenters. The number of carboxylic acids is 1. The first-order chi connectivity index (χ1) is 7.09. The second-order valence-corrected chi connectivity index (χ2v) is 3.40. The summed E-state index contributed by atoms with van der Waals surface area (Å²) in [5.41, 5.74) is 7.22. The molecule has 0 amide bonds. The Labute approximate surface area is 86.0 Å². The number of carbonyl (C=O) groups excluding carboxylic acids is 1. The Kier molecular flexibility index (Phi) is 2.04.